The number of benzene rings is 1. The van der Waals surface area contributed by atoms with E-state index < -0.39 is 5.60 Å². The Kier molecular flexibility index (Phi) is 3.82. The van der Waals surface area contributed by atoms with E-state index in [0.717, 1.165) is 11.3 Å². The van der Waals surface area contributed by atoms with E-state index in [-0.39, 0.29) is 18.4 Å². The molecule has 5 heteroatoms. The van der Waals surface area contributed by atoms with Crippen LogP contribution in [-0.2, 0) is 20.9 Å². The maximum atomic E-state index is 12.1. The van der Waals surface area contributed by atoms with Gasteiger partial charge in [-0.05, 0) is 5.56 Å². The lowest BCUT2D eigenvalue weighted by atomic mass is 9.84. The summed E-state index contributed by atoms with van der Waals surface area (Å²) in [5, 5.41) is 0.303. The minimum atomic E-state index is -0.428. The summed E-state index contributed by atoms with van der Waals surface area (Å²) >= 11 is 1.81. The zero-order valence-corrected chi connectivity index (χ0v) is 12.3. The van der Waals surface area contributed by atoms with Crippen LogP contribution in [0, 0.1) is 5.92 Å². The zero-order valence-electron chi connectivity index (χ0n) is 11.5. The molecule has 2 saturated heterocycles. The minimum Gasteiger partial charge on any atom is -0.461 e. The third kappa shape index (κ3) is 2.49. The van der Waals surface area contributed by atoms with Crippen molar-refractivity contribution in [2.75, 3.05) is 5.75 Å². The largest absolute Gasteiger partial charge is 0.461 e. The predicted molar refractivity (Wildman–Crippen MR) is 79.6 cm³/mol. The number of esters is 1. The molecule has 2 fully saturated rings. The highest BCUT2D eigenvalue weighted by Crippen LogP contribution is 2.52. The first-order chi connectivity index (χ1) is 9.61. The third-order valence-electron chi connectivity index (χ3n) is 4.22. The molecule has 2 bridgehead atoms. The predicted octanol–water partition coefficient (Wildman–Crippen LogP) is 2.13. The third-order valence-corrected chi connectivity index (χ3v) is 5.94. The van der Waals surface area contributed by atoms with Crippen molar-refractivity contribution in [3.63, 3.8) is 0 Å². The van der Waals surface area contributed by atoms with Gasteiger partial charge >= 0.3 is 5.97 Å². The smallest absolute Gasteiger partial charge is 0.309 e. The molecule has 1 unspecified atom stereocenters. The molecular weight excluding hydrogens is 271 g/mol. The Morgan fingerprint density at radius 1 is 1.50 bits per heavy atom. The van der Waals surface area contributed by atoms with Gasteiger partial charge in [0.25, 0.3) is 0 Å². The molecule has 0 amide bonds. The first-order valence-electron chi connectivity index (χ1n) is 6.85. The number of thioether (sulfide) groups is 1. The molecule has 0 N–H and O–H groups in total. The SMILES string of the molecule is [B][C@@H]1O[C@]2(CC(=O)OCc3ccccc3)CSC1[C@@H]2C. The quantitative estimate of drug-likeness (QED) is 0.628. The molecule has 1 aromatic rings. The number of hydrogen-bond acceptors (Lipinski definition) is 4. The molecule has 2 aliphatic heterocycles. The van der Waals surface area contributed by atoms with Crippen LogP contribution in [0.1, 0.15) is 18.9 Å². The summed E-state index contributed by atoms with van der Waals surface area (Å²) in [7, 11) is 5.94. The van der Waals surface area contributed by atoms with Gasteiger partial charge in [0.15, 0.2) is 0 Å². The number of hydrogen-bond donors (Lipinski definition) is 0. The average Bonchev–Trinajstić information content (AvgIpc) is 2.86. The van der Waals surface area contributed by atoms with Gasteiger partial charge in [-0.2, -0.15) is 11.8 Å². The number of fused-ring (bicyclic) bond motifs is 2. The van der Waals surface area contributed by atoms with Gasteiger partial charge < -0.3 is 9.47 Å². The number of ether oxygens (including phenoxy) is 2. The first kappa shape index (κ1) is 14.0. The van der Waals surface area contributed by atoms with Crippen molar-refractivity contribution in [2.45, 2.75) is 36.8 Å². The Bertz CT molecular complexity index is 495. The molecule has 104 valence electrons. The van der Waals surface area contributed by atoms with Gasteiger partial charge in [-0.25, -0.2) is 0 Å². The lowest BCUT2D eigenvalue weighted by Gasteiger charge is -2.30. The van der Waals surface area contributed by atoms with E-state index in [1.54, 1.807) is 11.8 Å². The second-order valence-corrected chi connectivity index (χ2v) is 6.70. The molecule has 3 rings (SSSR count). The summed E-state index contributed by atoms with van der Waals surface area (Å²) in [4.78, 5) is 12.1. The standard InChI is InChI=1S/C15H17BO3S/c1-10-13-14(16)19-15(10,9-20-13)7-12(17)18-8-11-5-3-2-4-6-11/h2-6,10,13-14H,7-9H2,1H3/t10-,13?,14+,15+/m0/s1. The van der Waals surface area contributed by atoms with Gasteiger partial charge in [0.05, 0.1) is 12.0 Å². The maximum Gasteiger partial charge on any atom is 0.309 e. The normalized spacial score (nSPS) is 35.1. The first-order valence-corrected chi connectivity index (χ1v) is 7.90. The van der Waals surface area contributed by atoms with Gasteiger partial charge in [0, 0.05) is 22.9 Å². The van der Waals surface area contributed by atoms with E-state index in [2.05, 4.69) is 6.92 Å². The van der Waals surface area contributed by atoms with Crippen LogP contribution in [0.4, 0.5) is 0 Å². The fourth-order valence-electron chi connectivity index (χ4n) is 2.96. The van der Waals surface area contributed by atoms with Gasteiger partial charge in [0.1, 0.15) is 14.5 Å². The molecule has 0 spiro atoms. The minimum absolute atomic E-state index is 0.212. The van der Waals surface area contributed by atoms with Crippen molar-refractivity contribution >= 4 is 25.6 Å². The Hall–Kier alpha value is -0.935. The average molecular weight is 288 g/mol. The lowest BCUT2D eigenvalue weighted by Crippen LogP contribution is -2.39. The molecule has 0 aromatic heterocycles. The number of carbonyl (C=O) groups is 1. The van der Waals surface area contributed by atoms with Gasteiger partial charge in [-0.15, -0.1) is 0 Å². The van der Waals surface area contributed by atoms with Gasteiger partial charge in [0.2, 0.25) is 0 Å². The van der Waals surface area contributed by atoms with Crippen molar-refractivity contribution in [3.8, 4) is 0 Å². The molecule has 4 atom stereocenters. The van der Waals surface area contributed by atoms with Crippen LogP contribution >= 0.6 is 11.8 Å². The summed E-state index contributed by atoms with van der Waals surface area (Å²) in [5.74, 6) is 0.912. The van der Waals surface area contributed by atoms with Crippen molar-refractivity contribution in [1.29, 1.82) is 0 Å². The highest BCUT2D eigenvalue weighted by molar-refractivity contribution is 8.00. The van der Waals surface area contributed by atoms with E-state index in [0.29, 0.717) is 17.8 Å². The lowest BCUT2D eigenvalue weighted by molar-refractivity contribution is -0.151. The van der Waals surface area contributed by atoms with Crippen molar-refractivity contribution in [2.24, 2.45) is 5.92 Å². The van der Waals surface area contributed by atoms with Crippen LogP contribution in [0.25, 0.3) is 0 Å². The summed E-state index contributed by atoms with van der Waals surface area (Å²) in [6.45, 7) is 2.43. The molecule has 20 heavy (non-hydrogen) atoms. The van der Waals surface area contributed by atoms with Crippen molar-refractivity contribution < 1.29 is 14.3 Å². The molecule has 3 nitrogen and oxygen atoms in total. The zero-order chi connectivity index (χ0) is 14.2. The number of rotatable bonds is 4. The maximum absolute atomic E-state index is 12.1. The Morgan fingerprint density at radius 2 is 2.25 bits per heavy atom. The van der Waals surface area contributed by atoms with E-state index >= 15 is 0 Å². The molecule has 1 aromatic carbocycles. The van der Waals surface area contributed by atoms with Crippen LogP contribution < -0.4 is 0 Å². The van der Waals surface area contributed by atoms with Gasteiger partial charge in [-0.1, -0.05) is 37.3 Å². The van der Waals surface area contributed by atoms with E-state index in [9.17, 15) is 4.79 Å². The fourth-order valence-corrected chi connectivity index (χ4v) is 4.65. The Balaban J connectivity index is 1.57. The summed E-state index contributed by atoms with van der Waals surface area (Å²) in [6, 6.07) is 9.43. The molecule has 2 heterocycles. The molecule has 0 saturated carbocycles. The summed E-state index contributed by atoms with van der Waals surface area (Å²) in [6.07, 6.45) is 0.290. The fraction of sp³-hybridized carbons (Fsp3) is 0.533. The van der Waals surface area contributed by atoms with Crippen LogP contribution in [-0.4, -0.2) is 36.4 Å². The number of carbonyl (C=O) groups excluding carboxylic acids is 1. The van der Waals surface area contributed by atoms with Crippen LogP contribution in [0.2, 0.25) is 0 Å². The van der Waals surface area contributed by atoms with Crippen LogP contribution in [0.15, 0.2) is 30.3 Å². The Labute approximate surface area is 124 Å². The molecule has 2 radical (unpaired) electrons. The topological polar surface area (TPSA) is 35.5 Å². The van der Waals surface area contributed by atoms with Crippen LogP contribution in [0.5, 0.6) is 0 Å². The molecule has 0 aliphatic carbocycles. The second-order valence-electron chi connectivity index (χ2n) is 5.53. The van der Waals surface area contributed by atoms with E-state index in [1.807, 2.05) is 30.3 Å². The Morgan fingerprint density at radius 3 is 2.85 bits per heavy atom. The van der Waals surface area contributed by atoms with E-state index in [1.165, 1.54) is 0 Å². The highest BCUT2D eigenvalue weighted by Gasteiger charge is 2.57. The van der Waals surface area contributed by atoms with E-state index in [4.69, 9.17) is 17.3 Å². The van der Waals surface area contributed by atoms with Crippen molar-refractivity contribution in [1.82, 2.24) is 0 Å². The van der Waals surface area contributed by atoms with Gasteiger partial charge in [-0.3, -0.25) is 4.79 Å². The second kappa shape index (κ2) is 5.45. The summed E-state index contributed by atoms with van der Waals surface area (Å²) < 4.78 is 11.2. The summed E-state index contributed by atoms with van der Waals surface area (Å²) in [5.41, 5.74) is 0.566. The monoisotopic (exact) mass is 288 g/mol. The highest BCUT2D eigenvalue weighted by atomic mass is 32.2. The molecule has 2 aliphatic rings. The van der Waals surface area contributed by atoms with Crippen LogP contribution in [0.3, 0.4) is 0 Å². The van der Waals surface area contributed by atoms with Crippen molar-refractivity contribution in [3.05, 3.63) is 35.9 Å². The molecular formula is C15H17BO3S.